The number of anilines is 1. The Kier molecular flexibility index (Phi) is 7.37. The van der Waals surface area contributed by atoms with Crippen LogP contribution in [0.1, 0.15) is 38.1 Å². The molecule has 0 fully saturated rings. The number of rotatable bonds is 9. The molecule has 1 N–H and O–H groups in total. The number of nitrogens with zero attached hydrogens (tertiary/aromatic N) is 4. The molecule has 3 aromatic rings. The van der Waals surface area contributed by atoms with E-state index in [2.05, 4.69) is 20.5 Å². The summed E-state index contributed by atoms with van der Waals surface area (Å²) in [5.74, 6) is 0.152. The third-order valence-electron chi connectivity index (χ3n) is 4.46. The molecule has 0 radical (unpaired) electrons. The van der Waals surface area contributed by atoms with Crippen LogP contribution in [-0.4, -0.2) is 46.9 Å². The average Bonchev–Trinajstić information content (AvgIpc) is 3.22. The first-order valence-corrected chi connectivity index (χ1v) is 11.8. The lowest BCUT2D eigenvalue weighted by Gasteiger charge is -2.25. The summed E-state index contributed by atoms with van der Waals surface area (Å²) < 4.78 is 33.2. The Morgan fingerprint density at radius 1 is 0.969 bits per heavy atom. The first-order valence-electron chi connectivity index (χ1n) is 10.3. The molecule has 1 amide bonds. The van der Waals surface area contributed by atoms with Gasteiger partial charge < -0.3 is 4.42 Å². The van der Waals surface area contributed by atoms with Gasteiger partial charge in [0.15, 0.2) is 0 Å². The molecule has 3 rings (SSSR count). The van der Waals surface area contributed by atoms with E-state index in [0.29, 0.717) is 18.7 Å². The fourth-order valence-corrected chi connectivity index (χ4v) is 4.83. The first-order chi connectivity index (χ1) is 15.2. The maximum Gasteiger partial charge on any atom is 0.322 e. The van der Waals surface area contributed by atoms with Crippen molar-refractivity contribution in [3.05, 3.63) is 54.4 Å². The van der Waals surface area contributed by atoms with Gasteiger partial charge in [0.2, 0.25) is 15.9 Å². The summed E-state index contributed by atoms with van der Waals surface area (Å²) >= 11 is 0. The lowest BCUT2D eigenvalue weighted by Crippen LogP contribution is -2.37. The topological polar surface area (TPSA) is 118 Å². The molecular formula is C22H27N5O4S. The Bertz CT molecular complexity index is 1130. The molecular weight excluding hydrogens is 430 g/mol. The molecule has 170 valence electrons. The van der Waals surface area contributed by atoms with Crippen molar-refractivity contribution < 1.29 is 17.6 Å². The van der Waals surface area contributed by atoms with Gasteiger partial charge in [-0.05, 0) is 48.2 Å². The predicted molar refractivity (Wildman–Crippen MR) is 120 cm³/mol. The van der Waals surface area contributed by atoms with Crippen LogP contribution < -0.4 is 5.32 Å². The molecule has 2 aromatic heterocycles. The molecule has 32 heavy (non-hydrogen) atoms. The largest absolute Gasteiger partial charge is 0.403 e. The highest BCUT2D eigenvalue weighted by molar-refractivity contribution is 7.89. The van der Waals surface area contributed by atoms with Crippen LogP contribution in [0, 0.1) is 11.8 Å². The molecule has 0 saturated heterocycles. The minimum Gasteiger partial charge on any atom is -0.403 e. The van der Waals surface area contributed by atoms with Crippen LogP contribution in [0.5, 0.6) is 0 Å². The first kappa shape index (κ1) is 23.6. The van der Waals surface area contributed by atoms with Gasteiger partial charge in [-0.25, -0.2) is 8.42 Å². The molecule has 0 aliphatic carbocycles. The van der Waals surface area contributed by atoms with Gasteiger partial charge in [-0.3, -0.25) is 15.1 Å². The number of amides is 1. The maximum absolute atomic E-state index is 13.1. The second-order valence-corrected chi connectivity index (χ2v) is 10.2. The number of aromatic nitrogens is 3. The molecule has 0 spiro atoms. The summed E-state index contributed by atoms with van der Waals surface area (Å²) in [6, 6.07) is 9.16. The third-order valence-corrected chi connectivity index (χ3v) is 6.31. The van der Waals surface area contributed by atoms with Crippen LogP contribution in [0.4, 0.5) is 6.01 Å². The van der Waals surface area contributed by atoms with Crippen molar-refractivity contribution in [1.82, 2.24) is 19.5 Å². The fraction of sp³-hybridized carbons (Fsp3) is 0.364. The number of benzene rings is 1. The minimum atomic E-state index is -3.66. The van der Waals surface area contributed by atoms with E-state index >= 15 is 0 Å². The van der Waals surface area contributed by atoms with Crippen LogP contribution in [-0.2, 0) is 10.0 Å². The van der Waals surface area contributed by atoms with Crippen LogP contribution in [0.15, 0.2) is 58.1 Å². The van der Waals surface area contributed by atoms with Gasteiger partial charge in [0, 0.05) is 36.6 Å². The highest BCUT2D eigenvalue weighted by Crippen LogP contribution is 2.21. The molecule has 0 atom stereocenters. The maximum atomic E-state index is 13.1. The molecule has 0 aliphatic heterocycles. The predicted octanol–water partition coefficient (Wildman–Crippen LogP) is 3.69. The smallest absolute Gasteiger partial charge is 0.322 e. The molecule has 0 saturated carbocycles. The van der Waals surface area contributed by atoms with Crippen molar-refractivity contribution in [1.29, 1.82) is 0 Å². The zero-order chi connectivity index (χ0) is 23.3. The van der Waals surface area contributed by atoms with Gasteiger partial charge in [0.1, 0.15) is 0 Å². The Morgan fingerprint density at radius 2 is 1.56 bits per heavy atom. The Hall–Kier alpha value is -3.11. The normalized spacial score (nSPS) is 12.0. The molecule has 2 heterocycles. The molecule has 0 bridgehead atoms. The van der Waals surface area contributed by atoms with Crippen molar-refractivity contribution >= 4 is 21.9 Å². The monoisotopic (exact) mass is 457 g/mol. The number of carbonyl (C=O) groups excluding carboxylic acids is 1. The van der Waals surface area contributed by atoms with Gasteiger partial charge in [-0.1, -0.05) is 32.8 Å². The standard InChI is InChI=1S/C22H27N5O4S/c1-15(2)13-27(14-16(3)4)32(29,30)19-7-5-17(6-8-19)20(28)24-22-26-25-21(31-22)18-9-11-23-12-10-18/h5-12,15-16H,13-14H2,1-4H3,(H,24,26,28). The number of hydrogen-bond donors (Lipinski definition) is 1. The second kappa shape index (κ2) is 10.0. The van der Waals surface area contributed by atoms with Gasteiger partial charge in [-0.15, -0.1) is 5.10 Å². The summed E-state index contributed by atoms with van der Waals surface area (Å²) in [6.45, 7) is 8.78. The van der Waals surface area contributed by atoms with E-state index in [0.717, 1.165) is 0 Å². The summed E-state index contributed by atoms with van der Waals surface area (Å²) in [4.78, 5) is 16.6. The summed E-state index contributed by atoms with van der Waals surface area (Å²) in [7, 11) is -3.66. The van der Waals surface area contributed by atoms with Crippen LogP contribution in [0.3, 0.4) is 0 Å². The molecule has 10 heteroatoms. The van der Waals surface area contributed by atoms with Crippen molar-refractivity contribution in [3.8, 4) is 11.5 Å². The number of sulfonamides is 1. The van der Waals surface area contributed by atoms with Crippen molar-refractivity contribution in [3.63, 3.8) is 0 Å². The molecule has 1 aromatic carbocycles. The summed E-state index contributed by atoms with van der Waals surface area (Å²) in [6.07, 6.45) is 3.19. The number of nitrogens with one attached hydrogen (secondary N) is 1. The van der Waals surface area contributed by atoms with E-state index in [1.165, 1.54) is 28.6 Å². The Morgan fingerprint density at radius 3 is 2.12 bits per heavy atom. The van der Waals surface area contributed by atoms with E-state index < -0.39 is 15.9 Å². The zero-order valence-corrected chi connectivity index (χ0v) is 19.3. The van der Waals surface area contributed by atoms with Gasteiger partial charge in [0.05, 0.1) is 4.90 Å². The lowest BCUT2D eigenvalue weighted by atomic mass is 10.2. The number of hydrogen-bond acceptors (Lipinski definition) is 7. The zero-order valence-electron chi connectivity index (χ0n) is 18.5. The Balaban J connectivity index is 1.73. The van der Waals surface area contributed by atoms with Crippen molar-refractivity contribution in [2.24, 2.45) is 11.8 Å². The van der Waals surface area contributed by atoms with Crippen LogP contribution >= 0.6 is 0 Å². The summed E-state index contributed by atoms with van der Waals surface area (Å²) in [5, 5.41) is 10.3. The third kappa shape index (κ3) is 5.77. The van der Waals surface area contributed by atoms with E-state index in [4.69, 9.17) is 4.42 Å². The highest BCUT2D eigenvalue weighted by Gasteiger charge is 2.26. The Labute approximate surface area is 187 Å². The number of pyridine rings is 1. The average molecular weight is 458 g/mol. The SMILES string of the molecule is CC(C)CN(CC(C)C)S(=O)(=O)c1ccc(C(=O)Nc2nnc(-c3ccncc3)o2)cc1. The van der Waals surface area contributed by atoms with Gasteiger partial charge >= 0.3 is 6.01 Å². The van der Waals surface area contributed by atoms with E-state index in [1.807, 2.05) is 27.7 Å². The van der Waals surface area contributed by atoms with E-state index in [9.17, 15) is 13.2 Å². The van der Waals surface area contributed by atoms with Crippen LogP contribution in [0.2, 0.25) is 0 Å². The highest BCUT2D eigenvalue weighted by atomic mass is 32.2. The van der Waals surface area contributed by atoms with Crippen molar-refractivity contribution in [2.45, 2.75) is 32.6 Å². The quantitative estimate of drug-likeness (QED) is 0.520. The second-order valence-electron chi connectivity index (χ2n) is 8.24. The fourth-order valence-electron chi connectivity index (χ4n) is 3.07. The lowest BCUT2D eigenvalue weighted by molar-refractivity contribution is 0.102. The van der Waals surface area contributed by atoms with Crippen molar-refractivity contribution in [2.75, 3.05) is 18.4 Å². The summed E-state index contributed by atoms with van der Waals surface area (Å²) in [5.41, 5.74) is 0.946. The molecule has 0 unspecified atom stereocenters. The number of carbonyl (C=O) groups is 1. The van der Waals surface area contributed by atoms with E-state index in [1.54, 1.807) is 24.5 Å². The van der Waals surface area contributed by atoms with E-state index in [-0.39, 0.29) is 34.2 Å². The van der Waals surface area contributed by atoms with Gasteiger partial charge in [0.25, 0.3) is 5.91 Å². The minimum absolute atomic E-state index is 0.0569. The van der Waals surface area contributed by atoms with Crippen LogP contribution in [0.25, 0.3) is 11.5 Å². The van der Waals surface area contributed by atoms with Gasteiger partial charge in [-0.2, -0.15) is 4.31 Å². The molecule has 9 nitrogen and oxygen atoms in total. The molecule has 0 aliphatic rings.